The number of aromatic nitrogens is 2. The molecule has 4 heteroatoms. The molecule has 3 rings (SSSR count). The van der Waals surface area contributed by atoms with Gasteiger partial charge in [-0.2, -0.15) is 4.98 Å². The smallest absolute Gasteiger partial charge is 0.234 e. The summed E-state index contributed by atoms with van der Waals surface area (Å²) in [5.74, 6) is 2.89. The predicted octanol–water partition coefficient (Wildman–Crippen LogP) is 3.39. The van der Waals surface area contributed by atoms with E-state index in [4.69, 9.17) is 9.51 Å². The fraction of sp³-hybridized carbons (Fsp3) is 0.875. The molecule has 1 atom stereocenters. The fourth-order valence-corrected chi connectivity index (χ4v) is 3.77. The summed E-state index contributed by atoms with van der Waals surface area (Å²) in [4.78, 5) is 4.83. The lowest BCUT2D eigenvalue weighted by Crippen LogP contribution is -2.35. The molecule has 0 spiro atoms. The van der Waals surface area contributed by atoms with Gasteiger partial charge in [0.05, 0.1) is 5.41 Å². The first-order valence-corrected chi connectivity index (χ1v) is 8.27. The van der Waals surface area contributed by atoms with Crippen molar-refractivity contribution in [2.45, 2.75) is 70.1 Å². The number of nitrogens with zero attached hydrogens (tertiary/aromatic N) is 2. The highest BCUT2D eigenvalue weighted by Gasteiger charge is 2.43. The molecule has 2 fully saturated rings. The van der Waals surface area contributed by atoms with Gasteiger partial charge in [-0.05, 0) is 31.7 Å². The highest BCUT2D eigenvalue weighted by Crippen LogP contribution is 2.38. The molecule has 2 heterocycles. The van der Waals surface area contributed by atoms with Crippen LogP contribution in [-0.2, 0) is 5.41 Å². The lowest BCUT2D eigenvalue weighted by atomic mass is 9.76. The molecule has 1 unspecified atom stereocenters. The van der Waals surface area contributed by atoms with Crippen LogP contribution in [0.2, 0.25) is 0 Å². The molecule has 0 aromatic carbocycles. The Kier molecular flexibility index (Phi) is 4.11. The predicted molar refractivity (Wildman–Crippen MR) is 78.7 cm³/mol. The van der Waals surface area contributed by atoms with E-state index in [1.54, 1.807) is 0 Å². The monoisotopic (exact) mass is 277 g/mol. The quantitative estimate of drug-likeness (QED) is 0.860. The second-order valence-corrected chi connectivity index (χ2v) is 6.88. The van der Waals surface area contributed by atoms with E-state index in [2.05, 4.69) is 24.3 Å². The summed E-state index contributed by atoms with van der Waals surface area (Å²) in [6.45, 7) is 6.56. The van der Waals surface area contributed by atoms with Gasteiger partial charge in [-0.15, -0.1) is 0 Å². The van der Waals surface area contributed by atoms with Crippen molar-refractivity contribution in [1.82, 2.24) is 15.5 Å². The van der Waals surface area contributed by atoms with Crippen molar-refractivity contribution >= 4 is 0 Å². The zero-order valence-corrected chi connectivity index (χ0v) is 12.8. The van der Waals surface area contributed by atoms with Crippen molar-refractivity contribution in [2.24, 2.45) is 5.92 Å². The van der Waals surface area contributed by atoms with Gasteiger partial charge in [0.1, 0.15) is 0 Å². The van der Waals surface area contributed by atoms with Crippen molar-refractivity contribution in [3.8, 4) is 0 Å². The molecule has 1 N–H and O–H groups in total. The second-order valence-electron chi connectivity index (χ2n) is 6.88. The van der Waals surface area contributed by atoms with Crippen LogP contribution in [0.25, 0.3) is 0 Å². The van der Waals surface area contributed by atoms with Crippen molar-refractivity contribution < 1.29 is 4.52 Å². The largest absolute Gasteiger partial charge is 0.339 e. The highest BCUT2D eigenvalue weighted by atomic mass is 16.5. The minimum atomic E-state index is 0.0516. The van der Waals surface area contributed by atoms with Gasteiger partial charge in [0.2, 0.25) is 5.89 Å². The lowest BCUT2D eigenvalue weighted by Gasteiger charge is -2.28. The van der Waals surface area contributed by atoms with Crippen LogP contribution >= 0.6 is 0 Å². The molecule has 0 radical (unpaired) electrons. The Morgan fingerprint density at radius 2 is 1.95 bits per heavy atom. The topological polar surface area (TPSA) is 51.0 Å². The van der Waals surface area contributed by atoms with E-state index in [-0.39, 0.29) is 5.41 Å². The first-order chi connectivity index (χ1) is 9.72. The van der Waals surface area contributed by atoms with Crippen LogP contribution in [0.1, 0.15) is 76.4 Å². The summed E-state index contributed by atoms with van der Waals surface area (Å²) in [5, 5.41) is 7.80. The van der Waals surface area contributed by atoms with Gasteiger partial charge in [-0.25, -0.2) is 0 Å². The Hall–Kier alpha value is -0.900. The van der Waals surface area contributed by atoms with E-state index in [0.717, 1.165) is 31.2 Å². The maximum absolute atomic E-state index is 5.71. The van der Waals surface area contributed by atoms with Crippen LogP contribution in [0.15, 0.2) is 4.52 Å². The van der Waals surface area contributed by atoms with Crippen LogP contribution in [0.3, 0.4) is 0 Å². The third-order valence-electron chi connectivity index (χ3n) is 5.38. The lowest BCUT2D eigenvalue weighted by molar-refractivity contribution is 0.233. The average molecular weight is 277 g/mol. The Balaban J connectivity index is 1.81. The van der Waals surface area contributed by atoms with E-state index >= 15 is 0 Å². The van der Waals surface area contributed by atoms with Crippen LogP contribution in [-0.4, -0.2) is 23.2 Å². The van der Waals surface area contributed by atoms with Gasteiger partial charge in [-0.1, -0.05) is 44.7 Å². The Morgan fingerprint density at radius 3 is 2.55 bits per heavy atom. The average Bonchev–Trinajstić information content (AvgIpc) is 3.03. The molecule has 1 aliphatic carbocycles. The summed E-state index contributed by atoms with van der Waals surface area (Å²) < 4.78 is 5.71. The molecule has 0 amide bonds. The molecule has 0 bridgehead atoms. The van der Waals surface area contributed by atoms with Crippen LogP contribution in [0, 0.1) is 5.92 Å². The van der Waals surface area contributed by atoms with Crippen LogP contribution in [0.4, 0.5) is 0 Å². The Morgan fingerprint density at radius 1 is 1.20 bits per heavy atom. The van der Waals surface area contributed by atoms with E-state index < -0.39 is 0 Å². The Labute approximate surface area is 121 Å². The molecule has 20 heavy (non-hydrogen) atoms. The SMILES string of the molecule is CC(C)C1(c2nc(C3CCCCCC3)no2)CCNC1. The van der Waals surface area contributed by atoms with Gasteiger partial charge in [0, 0.05) is 12.5 Å². The third-order valence-corrected chi connectivity index (χ3v) is 5.38. The third kappa shape index (κ3) is 2.50. The molecular weight excluding hydrogens is 250 g/mol. The van der Waals surface area contributed by atoms with Gasteiger partial charge >= 0.3 is 0 Å². The number of hydrogen-bond acceptors (Lipinski definition) is 4. The zero-order chi connectivity index (χ0) is 14.0. The van der Waals surface area contributed by atoms with Crippen molar-refractivity contribution in [3.05, 3.63) is 11.7 Å². The number of nitrogens with one attached hydrogen (secondary N) is 1. The van der Waals surface area contributed by atoms with Crippen molar-refractivity contribution in [1.29, 1.82) is 0 Å². The summed E-state index contributed by atoms with van der Waals surface area (Å²) in [6.07, 6.45) is 8.91. The maximum Gasteiger partial charge on any atom is 0.234 e. The molecule has 1 aromatic heterocycles. The number of rotatable bonds is 3. The van der Waals surface area contributed by atoms with Gasteiger partial charge in [0.25, 0.3) is 0 Å². The Bertz CT molecular complexity index is 427. The molecule has 112 valence electrons. The second kappa shape index (κ2) is 5.84. The standard InChI is InChI=1S/C16H27N3O/c1-12(2)16(9-10-17-11-16)15-18-14(19-20-15)13-7-5-3-4-6-8-13/h12-13,17H,3-11H2,1-2H3. The maximum atomic E-state index is 5.71. The number of hydrogen-bond donors (Lipinski definition) is 1. The van der Waals surface area contributed by atoms with E-state index in [1.165, 1.54) is 38.5 Å². The zero-order valence-electron chi connectivity index (χ0n) is 12.8. The summed E-state index contributed by atoms with van der Waals surface area (Å²) in [7, 11) is 0. The minimum Gasteiger partial charge on any atom is -0.339 e. The molecule has 1 saturated carbocycles. The van der Waals surface area contributed by atoms with E-state index in [0.29, 0.717) is 11.8 Å². The fourth-order valence-electron chi connectivity index (χ4n) is 3.77. The summed E-state index contributed by atoms with van der Waals surface area (Å²) in [6, 6.07) is 0. The molecule has 2 aliphatic rings. The van der Waals surface area contributed by atoms with Crippen LogP contribution in [0.5, 0.6) is 0 Å². The molecule has 1 saturated heterocycles. The molecule has 4 nitrogen and oxygen atoms in total. The highest BCUT2D eigenvalue weighted by molar-refractivity contribution is 5.13. The first kappa shape index (κ1) is 14.1. The van der Waals surface area contributed by atoms with Crippen molar-refractivity contribution in [2.75, 3.05) is 13.1 Å². The normalized spacial score (nSPS) is 28.9. The summed E-state index contributed by atoms with van der Waals surface area (Å²) >= 11 is 0. The summed E-state index contributed by atoms with van der Waals surface area (Å²) in [5.41, 5.74) is 0.0516. The van der Waals surface area contributed by atoms with E-state index in [9.17, 15) is 0 Å². The van der Waals surface area contributed by atoms with Gasteiger partial charge < -0.3 is 9.84 Å². The van der Waals surface area contributed by atoms with Gasteiger partial charge in [-0.3, -0.25) is 0 Å². The van der Waals surface area contributed by atoms with Crippen molar-refractivity contribution in [3.63, 3.8) is 0 Å². The minimum absolute atomic E-state index is 0.0516. The molecular formula is C16H27N3O. The van der Waals surface area contributed by atoms with E-state index in [1.807, 2.05) is 0 Å². The molecule has 1 aromatic rings. The molecule has 1 aliphatic heterocycles. The van der Waals surface area contributed by atoms with Crippen LogP contribution < -0.4 is 5.32 Å². The van der Waals surface area contributed by atoms with Gasteiger partial charge in [0.15, 0.2) is 5.82 Å². The first-order valence-electron chi connectivity index (χ1n) is 8.27.